The van der Waals surface area contributed by atoms with Crippen LogP contribution in [0.4, 0.5) is 18.9 Å². The number of nitrogens with one attached hydrogen (secondary N) is 1. The van der Waals surface area contributed by atoms with Crippen LogP contribution in [0.2, 0.25) is 20.1 Å². The van der Waals surface area contributed by atoms with E-state index < -0.39 is 11.7 Å². The Morgan fingerprint density at radius 2 is 1.58 bits per heavy atom. The summed E-state index contributed by atoms with van der Waals surface area (Å²) in [4.78, 5) is 0. The molecule has 0 radical (unpaired) electrons. The maximum absolute atomic E-state index is 12.7. The van der Waals surface area contributed by atoms with Gasteiger partial charge in [0.1, 0.15) is 0 Å². The van der Waals surface area contributed by atoms with E-state index in [2.05, 4.69) is 10.5 Å². The fourth-order valence-electron chi connectivity index (χ4n) is 1.80. The van der Waals surface area contributed by atoms with Crippen molar-refractivity contribution in [1.82, 2.24) is 0 Å². The van der Waals surface area contributed by atoms with Crippen LogP contribution in [0.1, 0.15) is 18.1 Å². The zero-order valence-electron chi connectivity index (χ0n) is 12.0. The maximum Gasteiger partial charge on any atom is 0.416 e. The van der Waals surface area contributed by atoms with E-state index in [4.69, 9.17) is 46.4 Å². The number of rotatable bonds is 3. The Kier molecular flexibility index (Phi) is 5.91. The molecule has 0 spiro atoms. The molecule has 0 saturated heterocycles. The molecule has 24 heavy (non-hydrogen) atoms. The van der Waals surface area contributed by atoms with Crippen molar-refractivity contribution in [2.45, 2.75) is 13.1 Å². The van der Waals surface area contributed by atoms with Gasteiger partial charge in [-0.25, -0.2) is 0 Å². The van der Waals surface area contributed by atoms with Gasteiger partial charge in [-0.3, -0.25) is 5.43 Å². The first-order chi connectivity index (χ1) is 11.1. The fourth-order valence-corrected chi connectivity index (χ4v) is 2.63. The van der Waals surface area contributed by atoms with Crippen LogP contribution in [-0.4, -0.2) is 5.71 Å². The SMILES string of the molecule is C/C(=N/Nc1cc(C(F)(F)F)ccc1Cl)c1ccc(Cl)c(Cl)c1Cl. The van der Waals surface area contributed by atoms with Gasteiger partial charge in [0.15, 0.2) is 0 Å². The summed E-state index contributed by atoms with van der Waals surface area (Å²) in [5.41, 5.74) is 2.57. The summed E-state index contributed by atoms with van der Waals surface area (Å²) in [7, 11) is 0. The predicted molar refractivity (Wildman–Crippen MR) is 93.8 cm³/mol. The first kappa shape index (κ1) is 19.2. The van der Waals surface area contributed by atoms with Gasteiger partial charge in [0, 0.05) is 5.56 Å². The molecule has 0 atom stereocenters. The van der Waals surface area contributed by atoms with Gasteiger partial charge < -0.3 is 0 Å². The number of hydrazone groups is 1. The molecule has 0 amide bonds. The molecule has 2 nitrogen and oxygen atoms in total. The zero-order valence-corrected chi connectivity index (χ0v) is 15.0. The molecule has 0 heterocycles. The molecular weight excluding hydrogens is 407 g/mol. The fraction of sp³-hybridized carbons (Fsp3) is 0.133. The standard InChI is InChI=1S/C15H9Cl4F3N2/c1-7(9-3-5-11(17)14(19)13(9)18)23-24-12-6-8(15(20,21)22)2-4-10(12)16/h2-6,24H,1H3/b23-7-. The lowest BCUT2D eigenvalue weighted by Crippen LogP contribution is -2.06. The second kappa shape index (κ2) is 7.40. The lowest BCUT2D eigenvalue weighted by molar-refractivity contribution is -0.137. The van der Waals surface area contributed by atoms with Crippen LogP contribution in [0.15, 0.2) is 35.4 Å². The summed E-state index contributed by atoms with van der Waals surface area (Å²) in [5, 5.41) is 4.76. The van der Waals surface area contributed by atoms with Crippen molar-refractivity contribution in [3.63, 3.8) is 0 Å². The van der Waals surface area contributed by atoms with E-state index >= 15 is 0 Å². The molecule has 0 fully saturated rings. The van der Waals surface area contributed by atoms with Gasteiger partial charge in [-0.05, 0) is 31.2 Å². The third-order valence-electron chi connectivity index (χ3n) is 3.06. The largest absolute Gasteiger partial charge is 0.416 e. The van der Waals surface area contributed by atoms with Crippen LogP contribution >= 0.6 is 46.4 Å². The zero-order chi connectivity index (χ0) is 18.1. The molecule has 9 heteroatoms. The van der Waals surface area contributed by atoms with Gasteiger partial charge in [-0.15, -0.1) is 0 Å². The molecule has 0 bridgehead atoms. The average molecular weight is 416 g/mol. The molecule has 2 aromatic carbocycles. The normalized spacial score (nSPS) is 12.4. The highest BCUT2D eigenvalue weighted by Gasteiger charge is 2.30. The third kappa shape index (κ3) is 4.28. The minimum Gasteiger partial charge on any atom is -0.277 e. The monoisotopic (exact) mass is 414 g/mol. The lowest BCUT2D eigenvalue weighted by Gasteiger charge is -2.11. The maximum atomic E-state index is 12.7. The molecule has 0 aliphatic carbocycles. The molecule has 0 unspecified atom stereocenters. The van der Waals surface area contributed by atoms with Gasteiger partial charge in [0.2, 0.25) is 0 Å². The number of hydrogen-bond donors (Lipinski definition) is 1. The minimum absolute atomic E-state index is 0.0158. The molecule has 0 aliphatic rings. The van der Waals surface area contributed by atoms with Crippen LogP contribution in [0.3, 0.4) is 0 Å². The highest BCUT2D eigenvalue weighted by Crippen LogP contribution is 2.35. The predicted octanol–water partition coefficient (Wildman–Crippen LogP) is 7.16. The molecule has 0 saturated carbocycles. The van der Waals surface area contributed by atoms with E-state index in [1.165, 1.54) is 0 Å². The Balaban J connectivity index is 2.32. The summed E-state index contributed by atoms with van der Waals surface area (Å²) >= 11 is 23.8. The van der Waals surface area contributed by atoms with E-state index in [9.17, 15) is 13.2 Å². The van der Waals surface area contributed by atoms with E-state index in [1.54, 1.807) is 19.1 Å². The smallest absolute Gasteiger partial charge is 0.277 e. The Morgan fingerprint density at radius 1 is 0.958 bits per heavy atom. The molecule has 2 aromatic rings. The van der Waals surface area contributed by atoms with Crippen molar-refractivity contribution in [2.75, 3.05) is 5.43 Å². The Bertz CT molecular complexity index is 804. The first-order valence-corrected chi connectivity index (χ1v) is 7.93. The van der Waals surface area contributed by atoms with Crippen LogP contribution in [-0.2, 0) is 6.18 Å². The number of anilines is 1. The van der Waals surface area contributed by atoms with E-state index in [0.717, 1.165) is 18.2 Å². The molecule has 2 rings (SSSR count). The quantitative estimate of drug-likeness (QED) is 0.321. The Labute approximate surface area is 156 Å². The molecule has 0 aliphatic heterocycles. The van der Waals surface area contributed by atoms with Crippen molar-refractivity contribution in [3.05, 3.63) is 61.5 Å². The number of benzene rings is 2. The van der Waals surface area contributed by atoms with Gasteiger partial charge >= 0.3 is 6.18 Å². The van der Waals surface area contributed by atoms with Gasteiger partial charge in [0.25, 0.3) is 0 Å². The van der Waals surface area contributed by atoms with Crippen molar-refractivity contribution in [1.29, 1.82) is 0 Å². The first-order valence-electron chi connectivity index (χ1n) is 6.42. The third-order valence-corrected chi connectivity index (χ3v) is 4.69. The second-order valence-corrected chi connectivity index (χ2v) is 6.29. The minimum atomic E-state index is -4.48. The number of nitrogens with zero attached hydrogens (tertiary/aromatic N) is 1. The summed E-state index contributed by atoms with van der Waals surface area (Å²) < 4.78 is 38.2. The van der Waals surface area contributed by atoms with Crippen LogP contribution in [0.5, 0.6) is 0 Å². The molecule has 0 aromatic heterocycles. The topological polar surface area (TPSA) is 24.4 Å². The Hall–Kier alpha value is -1.14. The van der Waals surface area contributed by atoms with Gasteiger partial charge in [-0.2, -0.15) is 18.3 Å². The lowest BCUT2D eigenvalue weighted by atomic mass is 10.1. The Morgan fingerprint density at radius 3 is 2.21 bits per heavy atom. The summed E-state index contributed by atoms with van der Waals surface area (Å²) in [6.07, 6.45) is -4.48. The summed E-state index contributed by atoms with van der Waals surface area (Å²) in [6.45, 7) is 1.61. The molecule has 128 valence electrons. The van der Waals surface area contributed by atoms with Gasteiger partial charge in [0.05, 0.1) is 37.1 Å². The summed E-state index contributed by atoms with van der Waals surface area (Å²) in [6, 6.07) is 6.05. The van der Waals surface area contributed by atoms with Crippen LogP contribution in [0, 0.1) is 0 Å². The van der Waals surface area contributed by atoms with Crippen molar-refractivity contribution in [3.8, 4) is 0 Å². The van der Waals surface area contributed by atoms with Gasteiger partial charge in [-0.1, -0.05) is 52.5 Å². The van der Waals surface area contributed by atoms with Crippen molar-refractivity contribution >= 4 is 57.8 Å². The van der Waals surface area contributed by atoms with E-state index in [0.29, 0.717) is 11.3 Å². The summed E-state index contributed by atoms with van der Waals surface area (Å²) in [5.74, 6) is 0. The van der Waals surface area contributed by atoms with Crippen molar-refractivity contribution in [2.24, 2.45) is 5.10 Å². The molecule has 1 N–H and O–H groups in total. The number of hydrogen-bond acceptors (Lipinski definition) is 2. The second-order valence-electron chi connectivity index (χ2n) is 4.72. The van der Waals surface area contributed by atoms with Crippen molar-refractivity contribution < 1.29 is 13.2 Å². The van der Waals surface area contributed by atoms with Crippen LogP contribution in [0.25, 0.3) is 0 Å². The van der Waals surface area contributed by atoms with E-state index in [-0.39, 0.29) is 25.8 Å². The van der Waals surface area contributed by atoms with E-state index in [1.807, 2.05) is 0 Å². The highest BCUT2D eigenvalue weighted by molar-refractivity contribution is 6.49. The molecular formula is C15H9Cl4F3N2. The number of halogens is 7. The average Bonchev–Trinajstić information content (AvgIpc) is 2.50. The van der Waals surface area contributed by atoms with Crippen LogP contribution < -0.4 is 5.43 Å². The number of alkyl halides is 3. The highest BCUT2D eigenvalue weighted by atomic mass is 35.5.